The Morgan fingerprint density at radius 3 is 2.33 bits per heavy atom. The van der Waals surface area contributed by atoms with Crippen LogP contribution < -0.4 is 5.73 Å². The molecular weight excluding hydrogens is 150 g/mol. The van der Waals surface area contributed by atoms with Crippen molar-refractivity contribution in [2.45, 2.75) is 46.0 Å². The summed E-state index contributed by atoms with van der Waals surface area (Å²) in [4.78, 5) is 0. The van der Waals surface area contributed by atoms with Gasteiger partial charge in [0.25, 0.3) is 0 Å². The maximum atomic E-state index is 8.83. The van der Waals surface area contributed by atoms with Crippen LogP contribution >= 0.6 is 0 Å². The van der Waals surface area contributed by atoms with Gasteiger partial charge in [-0.25, -0.2) is 0 Å². The molecule has 0 radical (unpaired) electrons. The lowest BCUT2D eigenvalue weighted by atomic mass is 9.82. The molecule has 0 spiro atoms. The SMILES string of the molecule is CCCCCC(C)(CN)CCO. The van der Waals surface area contributed by atoms with Crippen LogP contribution in [0.4, 0.5) is 0 Å². The summed E-state index contributed by atoms with van der Waals surface area (Å²) in [5, 5.41) is 8.83. The second-order valence-corrected chi connectivity index (χ2v) is 3.95. The number of nitrogens with two attached hydrogens (primary N) is 1. The Morgan fingerprint density at radius 1 is 1.25 bits per heavy atom. The molecule has 0 heterocycles. The molecule has 0 aromatic rings. The van der Waals surface area contributed by atoms with E-state index < -0.39 is 0 Å². The molecule has 2 heteroatoms. The van der Waals surface area contributed by atoms with E-state index in [0.717, 1.165) is 12.8 Å². The summed E-state index contributed by atoms with van der Waals surface area (Å²) in [5.41, 5.74) is 5.83. The van der Waals surface area contributed by atoms with Crippen LogP contribution in [0.1, 0.15) is 46.0 Å². The van der Waals surface area contributed by atoms with E-state index in [9.17, 15) is 0 Å². The highest BCUT2D eigenvalue weighted by molar-refractivity contribution is 4.74. The molecule has 1 atom stereocenters. The first-order chi connectivity index (χ1) is 5.68. The van der Waals surface area contributed by atoms with Crippen LogP contribution in [0.25, 0.3) is 0 Å². The van der Waals surface area contributed by atoms with Crippen LogP contribution in [0, 0.1) is 5.41 Å². The smallest absolute Gasteiger partial charge is 0.0436 e. The minimum Gasteiger partial charge on any atom is -0.396 e. The zero-order valence-corrected chi connectivity index (χ0v) is 8.47. The van der Waals surface area contributed by atoms with Crippen molar-refractivity contribution in [1.82, 2.24) is 0 Å². The van der Waals surface area contributed by atoms with Crippen molar-refractivity contribution < 1.29 is 5.11 Å². The molecule has 74 valence electrons. The van der Waals surface area contributed by atoms with Gasteiger partial charge in [-0.15, -0.1) is 0 Å². The lowest BCUT2D eigenvalue weighted by Gasteiger charge is -2.26. The number of rotatable bonds is 7. The average Bonchev–Trinajstić information content (AvgIpc) is 2.06. The normalized spacial score (nSPS) is 16.0. The number of unbranched alkanes of at least 4 members (excludes halogenated alkanes) is 2. The van der Waals surface area contributed by atoms with Crippen molar-refractivity contribution in [3.05, 3.63) is 0 Å². The van der Waals surface area contributed by atoms with E-state index in [1.165, 1.54) is 19.3 Å². The molecule has 0 fully saturated rings. The molecular formula is C10H23NO. The minimum atomic E-state index is 0.171. The first-order valence-electron chi connectivity index (χ1n) is 4.99. The number of hydrogen-bond donors (Lipinski definition) is 2. The highest BCUT2D eigenvalue weighted by atomic mass is 16.3. The molecule has 0 aliphatic heterocycles. The number of aliphatic hydroxyl groups is 1. The summed E-state index contributed by atoms with van der Waals surface area (Å²) >= 11 is 0. The van der Waals surface area contributed by atoms with Gasteiger partial charge in [-0.3, -0.25) is 0 Å². The molecule has 0 aliphatic rings. The minimum absolute atomic E-state index is 0.171. The van der Waals surface area contributed by atoms with E-state index in [-0.39, 0.29) is 12.0 Å². The Morgan fingerprint density at radius 2 is 1.92 bits per heavy atom. The number of hydrogen-bond acceptors (Lipinski definition) is 2. The van der Waals surface area contributed by atoms with Crippen LogP contribution in [0.3, 0.4) is 0 Å². The highest BCUT2D eigenvalue weighted by Crippen LogP contribution is 2.26. The first kappa shape index (κ1) is 11.9. The Labute approximate surface area is 76.2 Å². The van der Waals surface area contributed by atoms with Crippen LogP contribution in [0.5, 0.6) is 0 Å². The molecule has 3 N–H and O–H groups in total. The van der Waals surface area contributed by atoms with Crippen molar-refractivity contribution in [3.8, 4) is 0 Å². The van der Waals surface area contributed by atoms with E-state index in [1.807, 2.05) is 0 Å². The largest absolute Gasteiger partial charge is 0.396 e. The van der Waals surface area contributed by atoms with Crippen molar-refractivity contribution in [3.63, 3.8) is 0 Å². The van der Waals surface area contributed by atoms with E-state index in [0.29, 0.717) is 6.54 Å². The zero-order chi connectivity index (χ0) is 9.45. The first-order valence-corrected chi connectivity index (χ1v) is 4.99. The molecule has 2 nitrogen and oxygen atoms in total. The summed E-state index contributed by atoms with van der Waals surface area (Å²) in [6.45, 7) is 5.32. The van der Waals surface area contributed by atoms with Gasteiger partial charge < -0.3 is 10.8 Å². The van der Waals surface area contributed by atoms with Gasteiger partial charge in [-0.05, 0) is 24.8 Å². The van der Waals surface area contributed by atoms with Crippen molar-refractivity contribution >= 4 is 0 Å². The summed E-state index contributed by atoms with van der Waals surface area (Å²) in [6.07, 6.45) is 5.76. The van der Waals surface area contributed by atoms with Gasteiger partial charge in [0.1, 0.15) is 0 Å². The third-order valence-corrected chi connectivity index (χ3v) is 2.59. The fourth-order valence-electron chi connectivity index (χ4n) is 1.40. The maximum absolute atomic E-state index is 8.83. The highest BCUT2D eigenvalue weighted by Gasteiger charge is 2.20. The third kappa shape index (κ3) is 4.73. The standard InChI is InChI=1S/C10H23NO/c1-3-4-5-6-10(2,9-11)7-8-12/h12H,3-9,11H2,1-2H3. The van der Waals surface area contributed by atoms with Gasteiger partial charge in [0.15, 0.2) is 0 Å². The summed E-state index contributed by atoms with van der Waals surface area (Å²) < 4.78 is 0. The third-order valence-electron chi connectivity index (χ3n) is 2.59. The van der Waals surface area contributed by atoms with Crippen molar-refractivity contribution in [2.24, 2.45) is 11.1 Å². The van der Waals surface area contributed by atoms with Gasteiger partial charge in [0.2, 0.25) is 0 Å². The lowest BCUT2D eigenvalue weighted by Crippen LogP contribution is -2.28. The van der Waals surface area contributed by atoms with E-state index in [1.54, 1.807) is 0 Å². The molecule has 0 aliphatic carbocycles. The predicted molar refractivity (Wildman–Crippen MR) is 53.0 cm³/mol. The monoisotopic (exact) mass is 173 g/mol. The van der Waals surface area contributed by atoms with Gasteiger partial charge in [-0.2, -0.15) is 0 Å². The van der Waals surface area contributed by atoms with Crippen LogP contribution in [0.15, 0.2) is 0 Å². The molecule has 0 saturated carbocycles. The average molecular weight is 173 g/mol. The van der Waals surface area contributed by atoms with E-state index >= 15 is 0 Å². The molecule has 0 amide bonds. The van der Waals surface area contributed by atoms with Gasteiger partial charge in [0, 0.05) is 6.61 Å². The Bertz CT molecular complexity index is 106. The van der Waals surface area contributed by atoms with Crippen LogP contribution in [0.2, 0.25) is 0 Å². The quantitative estimate of drug-likeness (QED) is 0.578. The molecule has 0 bridgehead atoms. The van der Waals surface area contributed by atoms with Crippen LogP contribution in [-0.2, 0) is 0 Å². The van der Waals surface area contributed by atoms with Gasteiger partial charge in [-0.1, -0.05) is 33.1 Å². The topological polar surface area (TPSA) is 46.2 Å². The van der Waals surface area contributed by atoms with E-state index in [2.05, 4.69) is 13.8 Å². The molecule has 0 saturated heterocycles. The fraction of sp³-hybridized carbons (Fsp3) is 1.00. The van der Waals surface area contributed by atoms with E-state index in [4.69, 9.17) is 10.8 Å². The zero-order valence-electron chi connectivity index (χ0n) is 8.47. The molecule has 0 aromatic heterocycles. The second-order valence-electron chi connectivity index (χ2n) is 3.95. The van der Waals surface area contributed by atoms with Gasteiger partial charge >= 0.3 is 0 Å². The Kier molecular flexibility index (Phi) is 6.39. The molecule has 0 rings (SSSR count). The van der Waals surface area contributed by atoms with Crippen molar-refractivity contribution in [2.75, 3.05) is 13.2 Å². The Balaban J connectivity index is 3.63. The second kappa shape index (κ2) is 6.44. The summed E-state index contributed by atoms with van der Waals surface area (Å²) in [6, 6.07) is 0. The molecule has 12 heavy (non-hydrogen) atoms. The van der Waals surface area contributed by atoms with Crippen LogP contribution in [-0.4, -0.2) is 18.3 Å². The molecule has 0 aromatic carbocycles. The maximum Gasteiger partial charge on any atom is 0.0436 e. The van der Waals surface area contributed by atoms with Crippen molar-refractivity contribution in [1.29, 1.82) is 0 Å². The Hall–Kier alpha value is -0.0800. The molecule has 1 unspecified atom stereocenters. The fourth-order valence-corrected chi connectivity index (χ4v) is 1.40. The number of aliphatic hydroxyl groups excluding tert-OH is 1. The summed E-state index contributed by atoms with van der Waals surface area (Å²) in [7, 11) is 0. The predicted octanol–water partition coefficient (Wildman–Crippen LogP) is 1.91. The summed E-state index contributed by atoms with van der Waals surface area (Å²) in [5.74, 6) is 0. The lowest BCUT2D eigenvalue weighted by molar-refractivity contribution is 0.188. The van der Waals surface area contributed by atoms with Gasteiger partial charge in [0.05, 0.1) is 0 Å².